The third-order valence-electron chi connectivity index (χ3n) is 4.01. The van der Waals surface area contributed by atoms with E-state index in [4.69, 9.17) is 0 Å². The molecule has 144 valence electrons. The van der Waals surface area contributed by atoms with Crippen molar-refractivity contribution in [2.45, 2.75) is 12.7 Å². The first-order valence-electron chi connectivity index (χ1n) is 8.17. The Balaban J connectivity index is 1.85. The highest BCUT2D eigenvalue weighted by Crippen LogP contribution is 2.30. The molecule has 0 bridgehead atoms. The topological polar surface area (TPSA) is 51.1 Å². The van der Waals surface area contributed by atoms with Crippen molar-refractivity contribution < 1.29 is 22.4 Å². The number of hydrogen-bond donors (Lipinski definition) is 1. The van der Waals surface area contributed by atoms with Gasteiger partial charge in [0.15, 0.2) is 0 Å². The Morgan fingerprint density at radius 3 is 2.46 bits per heavy atom. The van der Waals surface area contributed by atoms with E-state index in [0.717, 1.165) is 22.8 Å². The summed E-state index contributed by atoms with van der Waals surface area (Å²) in [6.07, 6.45) is -3.16. The molecule has 1 amide bonds. The lowest BCUT2D eigenvalue weighted by molar-refractivity contribution is -0.137. The monoisotopic (exact) mass is 390 g/mol. The Morgan fingerprint density at radius 2 is 1.75 bits per heavy atom. The van der Waals surface area contributed by atoms with Crippen LogP contribution in [0.2, 0.25) is 0 Å². The summed E-state index contributed by atoms with van der Waals surface area (Å²) in [5.41, 5.74) is -1.70. The van der Waals surface area contributed by atoms with Crippen LogP contribution in [0.3, 0.4) is 0 Å². The van der Waals surface area contributed by atoms with Gasteiger partial charge >= 0.3 is 6.18 Å². The predicted octanol–water partition coefficient (Wildman–Crippen LogP) is 4.31. The van der Waals surface area contributed by atoms with Gasteiger partial charge in [-0.15, -0.1) is 0 Å². The van der Waals surface area contributed by atoms with Crippen LogP contribution in [0, 0.1) is 5.82 Å². The van der Waals surface area contributed by atoms with E-state index < -0.39 is 29.0 Å². The van der Waals surface area contributed by atoms with Crippen LogP contribution in [0.4, 0.5) is 23.2 Å². The van der Waals surface area contributed by atoms with E-state index in [1.54, 1.807) is 6.07 Å². The van der Waals surface area contributed by atoms with Crippen molar-refractivity contribution in [3.05, 3.63) is 99.7 Å². The number of nitrogens with zero attached hydrogens (tertiary/aromatic N) is 1. The number of hydrogen-bond acceptors (Lipinski definition) is 2. The first-order valence-corrected chi connectivity index (χ1v) is 8.17. The van der Waals surface area contributed by atoms with Gasteiger partial charge in [-0.3, -0.25) is 9.59 Å². The van der Waals surface area contributed by atoms with Crippen LogP contribution < -0.4 is 10.9 Å². The van der Waals surface area contributed by atoms with Gasteiger partial charge in [0.25, 0.3) is 11.5 Å². The van der Waals surface area contributed by atoms with Gasteiger partial charge in [0, 0.05) is 17.4 Å². The van der Waals surface area contributed by atoms with Gasteiger partial charge < -0.3 is 9.88 Å². The number of alkyl halides is 3. The standard InChI is InChI=1S/C20H14F4N2O2/c21-17-9-2-1-5-13(17)12-26-10-4-8-16(19(26)28)18(27)25-15-7-3-6-14(11-15)20(22,23)24/h1-11H,12H2,(H,25,27). The summed E-state index contributed by atoms with van der Waals surface area (Å²) in [6.45, 7) is -0.0871. The van der Waals surface area contributed by atoms with Crippen LogP contribution >= 0.6 is 0 Å². The zero-order valence-electron chi connectivity index (χ0n) is 14.3. The lowest BCUT2D eigenvalue weighted by atomic mass is 10.1. The van der Waals surface area contributed by atoms with Crippen LogP contribution in [0.25, 0.3) is 0 Å². The summed E-state index contributed by atoms with van der Waals surface area (Å²) in [7, 11) is 0. The van der Waals surface area contributed by atoms with Crippen molar-refractivity contribution in [3.8, 4) is 0 Å². The minimum Gasteiger partial charge on any atom is -0.322 e. The Morgan fingerprint density at radius 1 is 1.00 bits per heavy atom. The number of pyridine rings is 1. The van der Waals surface area contributed by atoms with E-state index in [-0.39, 0.29) is 23.4 Å². The smallest absolute Gasteiger partial charge is 0.322 e. The van der Waals surface area contributed by atoms with Crippen molar-refractivity contribution in [1.29, 1.82) is 0 Å². The number of anilines is 1. The molecular formula is C20H14F4N2O2. The zero-order valence-corrected chi connectivity index (χ0v) is 14.3. The molecular weight excluding hydrogens is 376 g/mol. The fourth-order valence-electron chi connectivity index (χ4n) is 2.62. The summed E-state index contributed by atoms with van der Waals surface area (Å²) < 4.78 is 53.3. The van der Waals surface area contributed by atoms with E-state index in [9.17, 15) is 27.2 Å². The number of halogens is 4. The van der Waals surface area contributed by atoms with Crippen molar-refractivity contribution in [2.24, 2.45) is 0 Å². The summed E-state index contributed by atoms with van der Waals surface area (Å²) in [5, 5.41) is 2.29. The average molecular weight is 390 g/mol. The van der Waals surface area contributed by atoms with E-state index in [0.29, 0.717) is 0 Å². The molecule has 1 N–H and O–H groups in total. The molecule has 0 saturated heterocycles. The molecule has 0 fully saturated rings. The number of carbonyl (C=O) groups excluding carboxylic acids is 1. The summed E-state index contributed by atoms with van der Waals surface area (Å²) in [6, 6.07) is 12.7. The van der Waals surface area contributed by atoms with E-state index >= 15 is 0 Å². The molecule has 0 aliphatic rings. The van der Waals surface area contributed by atoms with Gasteiger partial charge in [0.05, 0.1) is 12.1 Å². The first-order chi connectivity index (χ1) is 13.3. The molecule has 0 saturated carbocycles. The third kappa shape index (κ3) is 4.28. The van der Waals surface area contributed by atoms with Crippen molar-refractivity contribution in [1.82, 2.24) is 4.57 Å². The molecule has 0 spiro atoms. The molecule has 4 nitrogen and oxygen atoms in total. The van der Waals surface area contributed by atoms with Crippen molar-refractivity contribution in [3.63, 3.8) is 0 Å². The van der Waals surface area contributed by atoms with Gasteiger partial charge in [-0.1, -0.05) is 24.3 Å². The van der Waals surface area contributed by atoms with Crippen molar-refractivity contribution in [2.75, 3.05) is 5.32 Å². The van der Waals surface area contributed by atoms with Gasteiger partial charge in [-0.05, 0) is 36.4 Å². The summed E-state index contributed by atoms with van der Waals surface area (Å²) >= 11 is 0. The number of nitrogens with one attached hydrogen (secondary N) is 1. The van der Waals surface area contributed by atoms with Crippen LogP contribution in [0.1, 0.15) is 21.5 Å². The Bertz CT molecular complexity index is 1070. The normalized spacial score (nSPS) is 11.3. The van der Waals surface area contributed by atoms with Gasteiger partial charge in [-0.2, -0.15) is 13.2 Å². The second-order valence-electron chi connectivity index (χ2n) is 5.98. The van der Waals surface area contributed by atoms with E-state index in [1.807, 2.05) is 0 Å². The molecule has 2 aromatic carbocycles. The van der Waals surface area contributed by atoms with Gasteiger partial charge in [0.1, 0.15) is 11.4 Å². The zero-order chi connectivity index (χ0) is 20.3. The SMILES string of the molecule is O=C(Nc1cccc(C(F)(F)F)c1)c1cccn(Cc2ccccc2F)c1=O. The molecule has 1 heterocycles. The number of carbonyl (C=O) groups is 1. The maximum Gasteiger partial charge on any atom is 0.416 e. The number of amides is 1. The maximum absolute atomic E-state index is 13.8. The number of benzene rings is 2. The lowest BCUT2D eigenvalue weighted by Crippen LogP contribution is -2.29. The van der Waals surface area contributed by atoms with Crippen molar-refractivity contribution >= 4 is 11.6 Å². The molecule has 0 aliphatic heterocycles. The molecule has 8 heteroatoms. The van der Waals surface area contributed by atoms with Gasteiger partial charge in [0.2, 0.25) is 0 Å². The van der Waals surface area contributed by atoms with Crippen LogP contribution in [-0.2, 0) is 12.7 Å². The van der Waals surface area contributed by atoms with Crippen LogP contribution in [0.5, 0.6) is 0 Å². The van der Waals surface area contributed by atoms with Crippen LogP contribution in [0.15, 0.2) is 71.7 Å². The molecule has 3 rings (SSSR count). The number of aromatic nitrogens is 1. The van der Waals surface area contributed by atoms with E-state index in [1.165, 1.54) is 42.6 Å². The minimum absolute atomic E-state index is 0.0871. The van der Waals surface area contributed by atoms with Gasteiger partial charge in [-0.25, -0.2) is 4.39 Å². The Labute approximate surface area is 157 Å². The molecule has 0 atom stereocenters. The highest BCUT2D eigenvalue weighted by atomic mass is 19.4. The average Bonchev–Trinajstić information content (AvgIpc) is 2.64. The molecule has 0 radical (unpaired) electrons. The largest absolute Gasteiger partial charge is 0.416 e. The highest BCUT2D eigenvalue weighted by molar-refractivity contribution is 6.04. The lowest BCUT2D eigenvalue weighted by Gasteiger charge is -2.11. The fraction of sp³-hybridized carbons (Fsp3) is 0.100. The molecule has 28 heavy (non-hydrogen) atoms. The second kappa shape index (κ2) is 7.67. The molecule has 3 aromatic rings. The minimum atomic E-state index is -4.56. The Kier molecular flexibility index (Phi) is 5.30. The summed E-state index contributed by atoms with van der Waals surface area (Å²) in [5.74, 6) is -1.35. The molecule has 0 aliphatic carbocycles. The van der Waals surface area contributed by atoms with E-state index in [2.05, 4.69) is 5.32 Å². The quantitative estimate of drug-likeness (QED) is 0.675. The van der Waals surface area contributed by atoms with Crippen LogP contribution in [-0.4, -0.2) is 10.5 Å². The predicted molar refractivity (Wildman–Crippen MR) is 95.6 cm³/mol. The third-order valence-corrected chi connectivity index (χ3v) is 4.01. The molecule has 0 unspecified atom stereocenters. The highest BCUT2D eigenvalue weighted by Gasteiger charge is 2.30. The maximum atomic E-state index is 13.8. The fourth-order valence-corrected chi connectivity index (χ4v) is 2.62. The Hall–Kier alpha value is -3.42. The second-order valence-corrected chi connectivity index (χ2v) is 5.98. The summed E-state index contributed by atoms with van der Waals surface area (Å²) in [4.78, 5) is 24.9. The molecule has 1 aromatic heterocycles. The first kappa shape index (κ1) is 19.3. The number of rotatable bonds is 4.